The van der Waals surface area contributed by atoms with E-state index < -0.39 is 0 Å². The lowest BCUT2D eigenvalue weighted by atomic mass is 9.80. The van der Waals surface area contributed by atoms with Crippen LogP contribution in [0.3, 0.4) is 0 Å². The van der Waals surface area contributed by atoms with E-state index in [1.807, 2.05) is 6.07 Å². The Labute approximate surface area is 117 Å². The molecule has 0 spiro atoms. The second-order valence-electron chi connectivity index (χ2n) is 6.08. The first-order chi connectivity index (χ1) is 9.15. The summed E-state index contributed by atoms with van der Waals surface area (Å²) in [6, 6.07) is 10.3. The average Bonchev–Trinajstić information content (AvgIpc) is 2.42. The predicted molar refractivity (Wildman–Crippen MR) is 81.4 cm³/mol. The van der Waals surface area contributed by atoms with Crippen molar-refractivity contribution in [2.24, 2.45) is 11.8 Å². The zero-order chi connectivity index (χ0) is 13.7. The quantitative estimate of drug-likeness (QED) is 0.852. The van der Waals surface area contributed by atoms with Crippen LogP contribution in [0.4, 0.5) is 5.69 Å². The van der Waals surface area contributed by atoms with Gasteiger partial charge in [0.1, 0.15) is 0 Å². The van der Waals surface area contributed by atoms with Crippen LogP contribution in [0, 0.1) is 11.8 Å². The maximum atomic E-state index is 6.17. The minimum Gasteiger partial charge on any atom is -0.382 e. The predicted octanol–water partition coefficient (Wildman–Crippen LogP) is 4.33. The molecule has 2 heteroatoms. The highest BCUT2D eigenvalue weighted by molar-refractivity contribution is 5.42. The molecule has 1 N–H and O–H groups in total. The van der Waals surface area contributed by atoms with E-state index in [1.165, 1.54) is 24.9 Å². The van der Waals surface area contributed by atoms with Crippen LogP contribution in [0.25, 0.3) is 0 Å². The lowest BCUT2D eigenvalue weighted by molar-refractivity contribution is -0.0338. The summed E-state index contributed by atoms with van der Waals surface area (Å²) in [6.07, 6.45) is 4.48. The first-order valence-corrected chi connectivity index (χ1v) is 7.59. The van der Waals surface area contributed by atoms with Crippen molar-refractivity contribution in [3.05, 3.63) is 30.3 Å². The number of para-hydroxylation sites is 1. The second kappa shape index (κ2) is 6.95. The summed E-state index contributed by atoms with van der Waals surface area (Å²) in [7, 11) is 0. The fraction of sp³-hybridized carbons (Fsp3) is 0.647. The molecule has 1 aliphatic carbocycles. The molecule has 0 amide bonds. The SMILES string of the molecule is CC(CNc1ccccc1)OC1CCC(C)C(C)C1. The molecule has 1 aromatic rings. The maximum absolute atomic E-state index is 6.17. The molecule has 0 radical (unpaired) electrons. The summed E-state index contributed by atoms with van der Waals surface area (Å²) in [5, 5.41) is 3.43. The van der Waals surface area contributed by atoms with Crippen molar-refractivity contribution in [3.63, 3.8) is 0 Å². The number of ether oxygens (including phenoxy) is 1. The third kappa shape index (κ3) is 4.54. The monoisotopic (exact) mass is 261 g/mol. The molecule has 1 fully saturated rings. The third-order valence-electron chi connectivity index (χ3n) is 4.34. The molecule has 4 atom stereocenters. The van der Waals surface area contributed by atoms with Crippen molar-refractivity contribution in [3.8, 4) is 0 Å². The summed E-state index contributed by atoms with van der Waals surface area (Å²) in [5.74, 6) is 1.66. The molecule has 0 aromatic heterocycles. The van der Waals surface area contributed by atoms with E-state index in [0.717, 1.165) is 18.4 Å². The van der Waals surface area contributed by atoms with Crippen LogP contribution in [0.2, 0.25) is 0 Å². The van der Waals surface area contributed by atoms with Gasteiger partial charge in [0.15, 0.2) is 0 Å². The van der Waals surface area contributed by atoms with Crippen molar-refractivity contribution < 1.29 is 4.74 Å². The summed E-state index contributed by atoms with van der Waals surface area (Å²) in [5.41, 5.74) is 1.17. The van der Waals surface area contributed by atoms with E-state index in [1.54, 1.807) is 0 Å². The largest absolute Gasteiger partial charge is 0.382 e. The van der Waals surface area contributed by atoms with Crippen LogP contribution in [-0.4, -0.2) is 18.8 Å². The highest BCUT2D eigenvalue weighted by Crippen LogP contribution is 2.31. The Morgan fingerprint density at radius 3 is 2.58 bits per heavy atom. The molecule has 0 aliphatic heterocycles. The molecule has 1 saturated carbocycles. The van der Waals surface area contributed by atoms with Crippen molar-refractivity contribution in [1.82, 2.24) is 0 Å². The summed E-state index contributed by atoms with van der Waals surface area (Å²) >= 11 is 0. The molecule has 1 aromatic carbocycles. The number of nitrogens with one attached hydrogen (secondary N) is 1. The highest BCUT2D eigenvalue weighted by atomic mass is 16.5. The topological polar surface area (TPSA) is 21.3 Å². The Hall–Kier alpha value is -1.02. The molecular formula is C17H27NO. The van der Waals surface area contributed by atoms with E-state index in [2.05, 4.69) is 50.4 Å². The van der Waals surface area contributed by atoms with Gasteiger partial charge < -0.3 is 10.1 Å². The van der Waals surface area contributed by atoms with Crippen LogP contribution >= 0.6 is 0 Å². The van der Waals surface area contributed by atoms with Crippen molar-refractivity contribution >= 4 is 5.69 Å². The van der Waals surface area contributed by atoms with Crippen LogP contribution in [0.1, 0.15) is 40.0 Å². The Bertz CT molecular complexity index is 365. The highest BCUT2D eigenvalue weighted by Gasteiger charge is 2.26. The number of benzene rings is 1. The van der Waals surface area contributed by atoms with E-state index in [9.17, 15) is 0 Å². The van der Waals surface area contributed by atoms with Gasteiger partial charge in [0, 0.05) is 12.2 Å². The van der Waals surface area contributed by atoms with Gasteiger partial charge >= 0.3 is 0 Å². The number of rotatable bonds is 5. The number of hydrogen-bond acceptors (Lipinski definition) is 2. The van der Waals surface area contributed by atoms with Gasteiger partial charge in [0.25, 0.3) is 0 Å². The van der Waals surface area contributed by atoms with E-state index in [0.29, 0.717) is 6.10 Å². The molecule has 0 heterocycles. The fourth-order valence-electron chi connectivity index (χ4n) is 2.82. The summed E-state index contributed by atoms with van der Waals surface area (Å²) in [6.45, 7) is 7.76. The molecule has 4 unspecified atom stereocenters. The minimum absolute atomic E-state index is 0.269. The van der Waals surface area contributed by atoms with Gasteiger partial charge in [-0.05, 0) is 50.2 Å². The molecule has 2 nitrogen and oxygen atoms in total. The third-order valence-corrected chi connectivity index (χ3v) is 4.34. The van der Waals surface area contributed by atoms with Crippen molar-refractivity contribution in [2.75, 3.05) is 11.9 Å². The van der Waals surface area contributed by atoms with Gasteiger partial charge in [0.2, 0.25) is 0 Å². The average molecular weight is 261 g/mol. The number of anilines is 1. The first kappa shape index (κ1) is 14.4. The molecule has 0 bridgehead atoms. The Morgan fingerprint density at radius 2 is 1.89 bits per heavy atom. The molecular weight excluding hydrogens is 234 g/mol. The maximum Gasteiger partial charge on any atom is 0.0723 e. The minimum atomic E-state index is 0.269. The lowest BCUT2D eigenvalue weighted by Gasteiger charge is -2.33. The zero-order valence-corrected chi connectivity index (χ0v) is 12.4. The number of hydrogen-bond donors (Lipinski definition) is 1. The first-order valence-electron chi connectivity index (χ1n) is 7.59. The Balaban J connectivity index is 1.71. The molecule has 106 valence electrons. The molecule has 1 aliphatic rings. The summed E-state index contributed by atoms with van der Waals surface area (Å²) < 4.78 is 6.17. The van der Waals surface area contributed by atoms with Crippen LogP contribution in [0.15, 0.2) is 30.3 Å². The van der Waals surface area contributed by atoms with E-state index in [-0.39, 0.29) is 6.10 Å². The Morgan fingerprint density at radius 1 is 1.16 bits per heavy atom. The van der Waals surface area contributed by atoms with E-state index in [4.69, 9.17) is 4.74 Å². The fourth-order valence-corrected chi connectivity index (χ4v) is 2.82. The van der Waals surface area contributed by atoms with Gasteiger partial charge in [-0.3, -0.25) is 0 Å². The Kier molecular flexibility index (Phi) is 5.26. The van der Waals surface area contributed by atoms with Crippen LogP contribution < -0.4 is 5.32 Å². The van der Waals surface area contributed by atoms with Crippen molar-refractivity contribution in [2.45, 2.75) is 52.2 Å². The van der Waals surface area contributed by atoms with E-state index >= 15 is 0 Å². The normalized spacial score (nSPS) is 28.9. The van der Waals surface area contributed by atoms with Gasteiger partial charge in [-0.25, -0.2) is 0 Å². The van der Waals surface area contributed by atoms with Crippen LogP contribution in [0.5, 0.6) is 0 Å². The smallest absolute Gasteiger partial charge is 0.0723 e. The van der Waals surface area contributed by atoms with Crippen molar-refractivity contribution in [1.29, 1.82) is 0 Å². The standard InChI is InChI=1S/C17H27NO/c1-13-9-10-17(11-14(13)2)19-15(3)12-18-16-7-5-4-6-8-16/h4-8,13-15,17-18H,9-12H2,1-3H3. The molecule has 19 heavy (non-hydrogen) atoms. The molecule has 2 rings (SSSR count). The van der Waals surface area contributed by atoms with Gasteiger partial charge in [-0.15, -0.1) is 0 Å². The zero-order valence-electron chi connectivity index (χ0n) is 12.4. The second-order valence-corrected chi connectivity index (χ2v) is 6.08. The van der Waals surface area contributed by atoms with Gasteiger partial charge in [-0.2, -0.15) is 0 Å². The van der Waals surface area contributed by atoms with Crippen LogP contribution in [-0.2, 0) is 4.74 Å². The van der Waals surface area contributed by atoms with Gasteiger partial charge in [0.05, 0.1) is 12.2 Å². The summed E-state index contributed by atoms with van der Waals surface area (Å²) in [4.78, 5) is 0. The molecule has 0 saturated heterocycles. The lowest BCUT2D eigenvalue weighted by Crippen LogP contribution is -2.32. The van der Waals surface area contributed by atoms with Gasteiger partial charge in [-0.1, -0.05) is 32.0 Å².